The van der Waals surface area contributed by atoms with Gasteiger partial charge in [0.2, 0.25) is 0 Å². The van der Waals surface area contributed by atoms with Crippen molar-refractivity contribution in [2.45, 2.75) is 58.9 Å². The standard InChI is InChI=1S/C15H25ClN2/c1-4-5-6-7-8-12(3)18-15-10-13(16)14(17)9-11(15)2/h9-10,12,18H,4-8,17H2,1-3H3. The minimum absolute atomic E-state index is 0.472. The van der Waals surface area contributed by atoms with Crippen molar-refractivity contribution in [3.05, 3.63) is 22.7 Å². The van der Waals surface area contributed by atoms with Crippen LogP contribution in [-0.2, 0) is 0 Å². The van der Waals surface area contributed by atoms with Crippen LogP contribution in [0, 0.1) is 6.92 Å². The summed E-state index contributed by atoms with van der Waals surface area (Å²) in [7, 11) is 0. The molecular weight excluding hydrogens is 244 g/mol. The van der Waals surface area contributed by atoms with E-state index in [9.17, 15) is 0 Å². The molecule has 3 heteroatoms. The first kappa shape index (κ1) is 15.2. The summed E-state index contributed by atoms with van der Waals surface area (Å²) in [4.78, 5) is 0. The number of nitrogen functional groups attached to an aromatic ring is 1. The Morgan fingerprint density at radius 1 is 1.28 bits per heavy atom. The molecule has 0 bridgehead atoms. The number of benzene rings is 1. The van der Waals surface area contributed by atoms with Crippen molar-refractivity contribution in [3.8, 4) is 0 Å². The Kier molecular flexibility index (Phi) is 6.34. The average molecular weight is 269 g/mol. The molecule has 3 N–H and O–H groups in total. The molecule has 0 aromatic heterocycles. The molecule has 18 heavy (non-hydrogen) atoms. The molecule has 0 aliphatic heterocycles. The van der Waals surface area contributed by atoms with Gasteiger partial charge in [-0.15, -0.1) is 0 Å². The van der Waals surface area contributed by atoms with Gasteiger partial charge in [-0.05, 0) is 38.0 Å². The van der Waals surface area contributed by atoms with E-state index in [0.717, 1.165) is 11.3 Å². The van der Waals surface area contributed by atoms with Crippen LogP contribution in [0.1, 0.15) is 51.5 Å². The Balaban J connectivity index is 2.48. The normalized spacial score (nSPS) is 12.4. The summed E-state index contributed by atoms with van der Waals surface area (Å²) in [5.74, 6) is 0. The van der Waals surface area contributed by atoms with Crippen molar-refractivity contribution < 1.29 is 0 Å². The summed E-state index contributed by atoms with van der Waals surface area (Å²) in [6.07, 6.45) is 6.42. The van der Waals surface area contributed by atoms with Gasteiger partial charge in [-0.1, -0.05) is 44.2 Å². The zero-order chi connectivity index (χ0) is 13.5. The van der Waals surface area contributed by atoms with Gasteiger partial charge in [-0.25, -0.2) is 0 Å². The molecule has 0 heterocycles. The minimum atomic E-state index is 0.472. The molecule has 0 amide bonds. The second kappa shape index (κ2) is 7.52. The second-order valence-corrected chi connectivity index (χ2v) is 5.49. The highest BCUT2D eigenvalue weighted by Crippen LogP contribution is 2.27. The number of anilines is 2. The molecule has 1 unspecified atom stereocenters. The summed E-state index contributed by atoms with van der Waals surface area (Å²) in [5.41, 5.74) is 8.67. The third-order valence-electron chi connectivity index (χ3n) is 3.24. The lowest BCUT2D eigenvalue weighted by atomic mass is 10.1. The molecule has 1 aromatic rings. The minimum Gasteiger partial charge on any atom is -0.398 e. The lowest BCUT2D eigenvalue weighted by Gasteiger charge is -2.18. The van der Waals surface area contributed by atoms with Crippen molar-refractivity contribution in [2.24, 2.45) is 0 Å². The monoisotopic (exact) mass is 268 g/mol. The lowest BCUT2D eigenvalue weighted by Crippen LogP contribution is -2.15. The van der Waals surface area contributed by atoms with Gasteiger partial charge in [0.05, 0.1) is 10.7 Å². The third kappa shape index (κ3) is 4.77. The van der Waals surface area contributed by atoms with Crippen LogP contribution in [0.15, 0.2) is 12.1 Å². The van der Waals surface area contributed by atoms with Crippen LogP contribution in [0.2, 0.25) is 5.02 Å². The molecular formula is C15H25ClN2. The maximum atomic E-state index is 6.05. The van der Waals surface area contributed by atoms with Crippen molar-refractivity contribution >= 4 is 23.0 Å². The van der Waals surface area contributed by atoms with E-state index in [-0.39, 0.29) is 0 Å². The summed E-state index contributed by atoms with van der Waals surface area (Å²) < 4.78 is 0. The van der Waals surface area contributed by atoms with Crippen LogP contribution in [0.3, 0.4) is 0 Å². The first-order valence-corrected chi connectivity index (χ1v) is 7.24. The van der Waals surface area contributed by atoms with E-state index >= 15 is 0 Å². The van der Waals surface area contributed by atoms with Crippen LogP contribution >= 0.6 is 11.6 Å². The second-order valence-electron chi connectivity index (χ2n) is 5.08. The fourth-order valence-corrected chi connectivity index (χ4v) is 2.24. The maximum Gasteiger partial charge on any atom is 0.0656 e. The molecule has 0 saturated heterocycles. The zero-order valence-corrected chi connectivity index (χ0v) is 12.5. The number of unbranched alkanes of at least 4 members (excludes halogenated alkanes) is 3. The first-order valence-electron chi connectivity index (χ1n) is 6.86. The maximum absolute atomic E-state index is 6.05. The van der Waals surface area contributed by atoms with E-state index in [4.69, 9.17) is 17.3 Å². The smallest absolute Gasteiger partial charge is 0.0656 e. The SMILES string of the molecule is CCCCCCC(C)Nc1cc(Cl)c(N)cc1C. The Hall–Kier alpha value is -0.890. The van der Waals surface area contributed by atoms with E-state index in [1.807, 2.05) is 12.1 Å². The lowest BCUT2D eigenvalue weighted by molar-refractivity contribution is 0.594. The Labute approximate surface area is 116 Å². The van der Waals surface area contributed by atoms with Crippen molar-refractivity contribution in [3.63, 3.8) is 0 Å². The third-order valence-corrected chi connectivity index (χ3v) is 3.56. The van der Waals surface area contributed by atoms with Crippen LogP contribution in [0.25, 0.3) is 0 Å². The predicted octanol–water partition coefficient (Wildman–Crippen LogP) is 5.00. The highest BCUT2D eigenvalue weighted by Gasteiger charge is 2.07. The highest BCUT2D eigenvalue weighted by atomic mass is 35.5. The van der Waals surface area contributed by atoms with Crippen LogP contribution in [-0.4, -0.2) is 6.04 Å². The topological polar surface area (TPSA) is 38.0 Å². The molecule has 0 saturated carbocycles. The van der Waals surface area contributed by atoms with Gasteiger partial charge in [0, 0.05) is 11.7 Å². The number of hydrogen-bond donors (Lipinski definition) is 2. The van der Waals surface area contributed by atoms with E-state index in [1.165, 1.54) is 32.1 Å². The number of nitrogens with one attached hydrogen (secondary N) is 1. The molecule has 0 fully saturated rings. The first-order chi connectivity index (χ1) is 8.54. The van der Waals surface area contributed by atoms with Crippen LogP contribution in [0.4, 0.5) is 11.4 Å². The molecule has 1 rings (SSSR count). The molecule has 1 atom stereocenters. The number of aryl methyl sites for hydroxylation is 1. The van der Waals surface area contributed by atoms with E-state index < -0.39 is 0 Å². The van der Waals surface area contributed by atoms with Crippen LogP contribution in [0.5, 0.6) is 0 Å². The number of rotatable bonds is 7. The summed E-state index contributed by atoms with van der Waals surface area (Å²) >= 11 is 6.05. The number of halogens is 1. The van der Waals surface area contributed by atoms with Gasteiger partial charge in [-0.3, -0.25) is 0 Å². The summed E-state index contributed by atoms with van der Waals surface area (Å²) in [6.45, 7) is 6.51. The molecule has 102 valence electrons. The van der Waals surface area contributed by atoms with Gasteiger partial charge < -0.3 is 11.1 Å². The largest absolute Gasteiger partial charge is 0.398 e. The predicted molar refractivity (Wildman–Crippen MR) is 82.4 cm³/mol. The molecule has 0 spiro atoms. The van der Waals surface area contributed by atoms with Gasteiger partial charge >= 0.3 is 0 Å². The van der Waals surface area contributed by atoms with E-state index in [2.05, 4.69) is 26.1 Å². The summed E-state index contributed by atoms with van der Waals surface area (Å²) in [5, 5.41) is 4.14. The fourth-order valence-electron chi connectivity index (χ4n) is 2.07. The highest BCUT2D eigenvalue weighted by molar-refractivity contribution is 6.33. The van der Waals surface area contributed by atoms with Crippen LogP contribution < -0.4 is 11.1 Å². The molecule has 1 aromatic carbocycles. The van der Waals surface area contributed by atoms with Gasteiger partial charge in [0.15, 0.2) is 0 Å². The number of hydrogen-bond acceptors (Lipinski definition) is 2. The van der Waals surface area contributed by atoms with E-state index in [0.29, 0.717) is 16.8 Å². The molecule has 0 aliphatic carbocycles. The van der Waals surface area contributed by atoms with Crippen molar-refractivity contribution in [1.29, 1.82) is 0 Å². The van der Waals surface area contributed by atoms with Gasteiger partial charge in [0.1, 0.15) is 0 Å². The molecule has 2 nitrogen and oxygen atoms in total. The molecule has 0 radical (unpaired) electrons. The van der Waals surface area contributed by atoms with Crippen molar-refractivity contribution in [1.82, 2.24) is 0 Å². The summed E-state index contributed by atoms with van der Waals surface area (Å²) in [6, 6.07) is 4.32. The van der Waals surface area contributed by atoms with Gasteiger partial charge in [0.25, 0.3) is 0 Å². The van der Waals surface area contributed by atoms with Gasteiger partial charge in [-0.2, -0.15) is 0 Å². The van der Waals surface area contributed by atoms with Crippen molar-refractivity contribution in [2.75, 3.05) is 11.1 Å². The van der Waals surface area contributed by atoms with E-state index in [1.54, 1.807) is 0 Å². The Bertz CT molecular complexity index is 377. The average Bonchev–Trinajstić information content (AvgIpc) is 2.32. The fraction of sp³-hybridized carbons (Fsp3) is 0.600. The Morgan fingerprint density at radius 2 is 2.00 bits per heavy atom. The molecule has 0 aliphatic rings. The number of nitrogens with two attached hydrogens (primary N) is 1. The quantitative estimate of drug-likeness (QED) is 0.539. The Morgan fingerprint density at radius 3 is 2.67 bits per heavy atom. The zero-order valence-electron chi connectivity index (χ0n) is 11.7.